The third kappa shape index (κ3) is 4.95. The molecule has 0 aliphatic rings. The minimum absolute atomic E-state index is 0.229. The van der Waals surface area contributed by atoms with Crippen LogP contribution in [0.15, 0.2) is 64.9 Å². The molecule has 0 unspecified atom stereocenters. The monoisotopic (exact) mass is 430 g/mol. The normalized spacial score (nSPS) is 10.8. The lowest BCUT2D eigenvalue weighted by atomic mass is 10.1. The van der Waals surface area contributed by atoms with Gasteiger partial charge < -0.3 is 4.57 Å². The van der Waals surface area contributed by atoms with Crippen LogP contribution in [0.2, 0.25) is 0 Å². The largest absolute Gasteiger partial charge is 0.311 e. The third-order valence-electron chi connectivity index (χ3n) is 4.82. The molecule has 0 bridgehead atoms. The molecule has 6 nitrogen and oxygen atoms in total. The van der Waals surface area contributed by atoms with Crippen molar-refractivity contribution in [3.05, 3.63) is 98.4 Å². The van der Waals surface area contributed by atoms with Gasteiger partial charge in [-0.3, -0.25) is 19.9 Å². The highest BCUT2D eigenvalue weighted by molar-refractivity contribution is 7.14. The van der Waals surface area contributed by atoms with Crippen molar-refractivity contribution < 1.29 is 4.79 Å². The van der Waals surface area contributed by atoms with E-state index in [-0.39, 0.29) is 11.5 Å². The Morgan fingerprint density at radius 2 is 1.74 bits per heavy atom. The Kier molecular flexibility index (Phi) is 5.77. The molecule has 0 aliphatic carbocycles. The summed E-state index contributed by atoms with van der Waals surface area (Å²) in [5.74, 6) is -0.367. The minimum Gasteiger partial charge on any atom is -0.311 e. The molecule has 0 fully saturated rings. The number of rotatable bonds is 5. The number of carbonyl (C=O) groups is 1. The molecule has 156 valence electrons. The van der Waals surface area contributed by atoms with Crippen LogP contribution in [0, 0.1) is 20.8 Å². The van der Waals surface area contributed by atoms with Crippen LogP contribution < -0.4 is 10.9 Å². The first-order chi connectivity index (χ1) is 14.9. The summed E-state index contributed by atoms with van der Waals surface area (Å²) in [4.78, 5) is 34.1. The summed E-state index contributed by atoms with van der Waals surface area (Å²) in [5.41, 5.74) is 5.77. The van der Waals surface area contributed by atoms with Crippen molar-refractivity contribution in [1.82, 2.24) is 14.5 Å². The molecule has 1 aromatic carbocycles. The van der Waals surface area contributed by atoms with Crippen molar-refractivity contribution in [2.75, 3.05) is 5.32 Å². The van der Waals surface area contributed by atoms with E-state index >= 15 is 0 Å². The summed E-state index contributed by atoms with van der Waals surface area (Å²) in [6.45, 7) is 6.42. The molecule has 3 aromatic heterocycles. The Hall–Kier alpha value is -3.58. The van der Waals surface area contributed by atoms with E-state index in [0.29, 0.717) is 22.9 Å². The molecule has 3 heterocycles. The van der Waals surface area contributed by atoms with Gasteiger partial charge in [-0.05, 0) is 50.1 Å². The van der Waals surface area contributed by atoms with Crippen molar-refractivity contribution in [1.29, 1.82) is 0 Å². The topological polar surface area (TPSA) is 76.9 Å². The number of hydrogen-bond donors (Lipinski definition) is 1. The van der Waals surface area contributed by atoms with Gasteiger partial charge >= 0.3 is 0 Å². The van der Waals surface area contributed by atoms with E-state index in [4.69, 9.17) is 0 Å². The van der Waals surface area contributed by atoms with E-state index in [1.54, 1.807) is 16.8 Å². The fraction of sp³-hybridized carbons (Fsp3) is 0.167. The predicted octanol–water partition coefficient (Wildman–Crippen LogP) is 4.59. The minimum atomic E-state index is -0.367. The first-order valence-electron chi connectivity index (χ1n) is 9.86. The fourth-order valence-corrected chi connectivity index (χ4v) is 3.96. The first-order valence-corrected chi connectivity index (χ1v) is 10.7. The van der Waals surface area contributed by atoms with Gasteiger partial charge in [0, 0.05) is 28.9 Å². The number of amides is 1. The molecule has 0 aliphatic heterocycles. The van der Waals surface area contributed by atoms with Crippen LogP contribution in [0.25, 0.3) is 11.4 Å². The fourth-order valence-electron chi connectivity index (χ4n) is 3.26. The zero-order chi connectivity index (χ0) is 22.0. The van der Waals surface area contributed by atoms with Crippen molar-refractivity contribution in [3.63, 3.8) is 0 Å². The van der Waals surface area contributed by atoms with E-state index in [1.165, 1.54) is 23.0 Å². The van der Waals surface area contributed by atoms with E-state index in [9.17, 15) is 9.59 Å². The van der Waals surface area contributed by atoms with Crippen LogP contribution in [0.1, 0.15) is 32.7 Å². The van der Waals surface area contributed by atoms with E-state index in [2.05, 4.69) is 15.3 Å². The Morgan fingerprint density at radius 1 is 0.968 bits per heavy atom. The second kappa shape index (κ2) is 8.65. The Morgan fingerprint density at radius 3 is 2.45 bits per heavy atom. The molecule has 4 rings (SSSR count). The van der Waals surface area contributed by atoms with Crippen molar-refractivity contribution in [2.45, 2.75) is 27.3 Å². The average molecular weight is 431 g/mol. The van der Waals surface area contributed by atoms with Crippen LogP contribution in [0.3, 0.4) is 0 Å². The van der Waals surface area contributed by atoms with Crippen molar-refractivity contribution >= 4 is 22.4 Å². The first kappa shape index (κ1) is 20.7. The lowest BCUT2D eigenvalue weighted by molar-refractivity contribution is 0.102. The molecule has 0 saturated carbocycles. The number of hydrogen-bond acceptors (Lipinski definition) is 5. The molecule has 7 heteroatoms. The van der Waals surface area contributed by atoms with Crippen molar-refractivity contribution in [3.8, 4) is 11.4 Å². The Bertz CT molecular complexity index is 1290. The van der Waals surface area contributed by atoms with Gasteiger partial charge in [-0.15, -0.1) is 11.3 Å². The third-order valence-corrected chi connectivity index (χ3v) is 5.57. The maximum atomic E-state index is 12.6. The Labute approximate surface area is 184 Å². The maximum Gasteiger partial charge on any atom is 0.257 e. The smallest absolute Gasteiger partial charge is 0.257 e. The van der Waals surface area contributed by atoms with Crippen LogP contribution in [0.4, 0.5) is 5.13 Å². The van der Waals surface area contributed by atoms with Gasteiger partial charge in [-0.2, -0.15) is 0 Å². The molecular weight excluding hydrogens is 408 g/mol. The number of nitrogens with one attached hydrogen (secondary N) is 1. The summed E-state index contributed by atoms with van der Waals surface area (Å²) >= 11 is 1.32. The van der Waals surface area contributed by atoms with Crippen LogP contribution in [-0.2, 0) is 6.54 Å². The van der Waals surface area contributed by atoms with Gasteiger partial charge in [0.15, 0.2) is 5.13 Å². The number of thiazole rings is 1. The lowest BCUT2D eigenvalue weighted by Gasteiger charge is -2.08. The lowest BCUT2D eigenvalue weighted by Crippen LogP contribution is -2.22. The number of benzene rings is 1. The summed E-state index contributed by atoms with van der Waals surface area (Å²) in [5, 5.41) is 5.09. The van der Waals surface area contributed by atoms with Gasteiger partial charge in [0.05, 0.1) is 12.2 Å². The zero-order valence-electron chi connectivity index (χ0n) is 17.5. The van der Waals surface area contributed by atoms with Gasteiger partial charge in [0.25, 0.3) is 11.5 Å². The summed E-state index contributed by atoms with van der Waals surface area (Å²) in [7, 11) is 0. The highest BCUT2D eigenvalue weighted by Gasteiger charge is 2.12. The number of aryl methyl sites for hydroxylation is 3. The molecule has 31 heavy (non-hydrogen) atoms. The molecule has 0 atom stereocenters. The second-order valence-electron chi connectivity index (χ2n) is 7.53. The van der Waals surface area contributed by atoms with Crippen LogP contribution in [-0.4, -0.2) is 20.4 Å². The number of anilines is 1. The van der Waals surface area contributed by atoms with E-state index in [1.807, 2.05) is 62.5 Å². The molecule has 4 aromatic rings. The number of carbonyl (C=O) groups excluding carboxylic acids is 1. The standard InChI is InChI=1S/C24H22N4O2S/c1-15-4-6-18(7-5-15)13-28-9-8-19(12-22(28)29)23(30)27-24-26-21(14-31-24)20-11-16(2)10-17(3)25-20/h4-12,14H,13H2,1-3H3,(H,26,27,30). The molecule has 1 amide bonds. The van der Waals surface area contributed by atoms with Crippen LogP contribution in [0.5, 0.6) is 0 Å². The number of pyridine rings is 2. The highest BCUT2D eigenvalue weighted by atomic mass is 32.1. The summed E-state index contributed by atoms with van der Waals surface area (Å²) in [6.07, 6.45) is 1.64. The molecular formula is C24H22N4O2S. The van der Waals surface area contributed by atoms with Gasteiger partial charge in [0.1, 0.15) is 5.69 Å². The molecule has 0 spiro atoms. The maximum absolute atomic E-state index is 12.6. The van der Waals surface area contributed by atoms with Crippen molar-refractivity contribution in [2.24, 2.45) is 0 Å². The molecule has 1 N–H and O–H groups in total. The van der Waals surface area contributed by atoms with Gasteiger partial charge in [-0.1, -0.05) is 29.8 Å². The number of aromatic nitrogens is 3. The van der Waals surface area contributed by atoms with Gasteiger partial charge in [-0.25, -0.2) is 4.98 Å². The average Bonchev–Trinajstić information content (AvgIpc) is 3.19. The van der Waals surface area contributed by atoms with Gasteiger partial charge in [0.2, 0.25) is 0 Å². The quantitative estimate of drug-likeness (QED) is 0.502. The summed E-state index contributed by atoms with van der Waals surface area (Å²) < 4.78 is 1.58. The second-order valence-corrected chi connectivity index (χ2v) is 8.39. The Balaban J connectivity index is 1.47. The predicted molar refractivity (Wildman–Crippen MR) is 124 cm³/mol. The zero-order valence-corrected chi connectivity index (χ0v) is 18.4. The van der Waals surface area contributed by atoms with E-state index < -0.39 is 0 Å². The van der Waals surface area contributed by atoms with E-state index in [0.717, 1.165) is 22.5 Å². The number of nitrogens with zero attached hydrogens (tertiary/aromatic N) is 3. The SMILES string of the molecule is Cc1ccc(Cn2ccc(C(=O)Nc3nc(-c4cc(C)cc(C)n4)cs3)cc2=O)cc1. The summed E-state index contributed by atoms with van der Waals surface area (Å²) in [6, 6.07) is 15.0. The highest BCUT2D eigenvalue weighted by Crippen LogP contribution is 2.25. The molecule has 0 radical (unpaired) electrons. The molecule has 0 saturated heterocycles. The van der Waals surface area contributed by atoms with Crippen LogP contribution >= 0.6 is 11.3 Å².